The van der Waals surface area contributed by atoms with Gasteiger partial charge in [-0.05, 0) is 293 Å². The third-order valence-corrected chi connectivity index (χ3v) is 24.6. The zero-order valence-corrected chi connectivity index (χ0v) is 66.1. The Labute approximate surface area is 704 Å². The lowest BCUT2D eigenvalue weighted by Crippen LogP contribution is -2.29. The summed E-state index contributed by atoms with van der Waals surface area (Å²) in [4.78, 5) is 4.69. The maximum atomic E-state index is 15.5. The molecule has 2 unspecified atom stereocenters. The van der Waals surface area contributed by atoms with Crippen molar-refractivity contribution >= 4 is 90.2 Å². The van der Waals surface area contributed by atoms with Gasteiger partial charge in [-0.3, -0.25) is 0 Å². The Morgan fingerprint density at radius 2 is 0.549 bits per heavy atom. The quantitative estimate of drug-likeness (QED) is 0.0804. The van der Waals surface area contributed by atoms with Gasteiger partial charge in [0.05, 0.1) is 10.8 Å². The van der Waals surface area contributed by atoms with Crippen molar-refractivity contribution in [1.29, 1.82) is 0 Å². The van der Waals surface area contributed by atoms with Crippen LogP contribution in [0, 0.1) is 11.6 Å². The van der Waals surface area contributed by atoms with Gasteiger partial charge < -0.3 is 28.1 Å². The van der Waals surface area contributed by atoms with Gasteiger partial charge in [0, 0.05) is 55.7 Å². The van der Waals surface area contributed by atoms with Crippen LogP contribution in [0.5, 0.6) is 23.0 Å². The van der Waals surface area contributed by atoms with Crippen molar-refractivity contribution in [2.45, 2.75) is 10.8 Å². The monoisotopic (exact) mass is 1570 g/mol. The van der Waals surface area contributed by atoms with Gasteiger partial charge in [0.2, 0.25) is 0 Å². The van der Waals surface area contributed by atoms with Crippen LogP contribution in [0.15, 0.2) is 435 Å². The Bertz CT molecular complexity index is 7030. The van der Waals surface area contributed by atoms with Crippen LogP contribution >= 0.6 is 0 Å². The first-order valence-corrected chi connectivity index (χ1v) is 41.0. The first kappa shape index (κ1) is 72.5. The molecule has 0 fully saturated rings. The molecule has 2 atom stereocenters. The molecule has 0 aliphatic heterocycles. The summed E-state index contributed by atoms with van der Waals surface area (Å²) in [5.74, 6) is 2.16. The fraction of sp³-hybridized carbons (Fsp3) is 0.0175. The molecule has 18 aromatic carbocycles. The molecule has 0 bridgehead atoms. The number of furan rings is 2. The topological polar surface area (TPSA) is 51.2 Å². The van der Waals surface area contributed by atoms with Crippen molar-refractivity contribution < 1.29 is 27.1 Å². The third-order valence-electron chi connectivity index (χ3n) is 24.6. The summed E-state index contributed by atoms with van der Waals surface area (Å²) in [6, 6.07) is 142. The molecule has 22 rings (SSSR count). The van der Waals surface area contributed by atoms with Crippen molar-refractivity contribution in [2.75, 3.05) is 9.80 Å². The number of anilines is 6. The zero-order valence-electron chi connectivity index (χ0n) is 66.1. The van der Waals surface area contributed by atoms with Crippen molar-refractivity contribution in [3.8, 4) is 78.6 Å². The van der Waals surface area contributed by atoms with Crippen LogP contribution in [-0.4, -0.2) is 0 Å². The number of benzene rings is 18. The molecule has 8 heteroatoms. The summed E-state index contributed by atoms with van der Waals surface area (Å²) in [5.41, 5.74) is 27.7. The Balaban J connectivity index is 0.671. The fourth-order valence-electron chi connectivity index (χ4n) is 18.9. The van der Waals surface area contributed by atoms with E-state index in [2.05, 4.69) is 278 Å². The van der Waals surface area contributed by atoms with E-state index in [9.17, 15) is 0 Å². The Morgan fingerprint density at radius 1 is 0.238 bits per heavy atom. The van der Waals surface area contributed by atoms with E-state index in [1.54, 1.807) is 24.3 Å². The molecule has 0 N–H and O–H groups in total. The summed E-state index contributed by atoms with van der Waals surface area (Å²) >= 11 is 0. The van der Waals surface area contributed by atoms with Gasteiger partial charge in [-0.2, -0.15) is 0 Å². The Morgan fingerprint density at radius 3 is 0.943 bits per heavy atom. The molecule has 20 aromatic rings. The molecule has 6 nitrogen and oxygen atoms in total. The molecule has 122 heavy (non-hydrogen) atoms. The van der Waals surface area contributed by atoms with E-state index in [1.807, 2.05) is 146 Å². The van der Waals surface area contributed by atoms with Crippen molar-refractivity contribution in [3.05, 3.63) is 493 Å². The predicted molar refractivity (Wildman–Crippen MR) is 494 cm³/mol. The Hall–Kier alpha value is -15.9. The first-order valence-electron chi connectivity index (χ1n) is 41.0. The summed E-state index contributed by atoms with van der Waals surface area (Å²) in [6.07, 6.45) is 3.63. The zero-order chi connectivity index (χ0) is 81.6. The number of hydrogen-bond donors (Lipinski definition) is 0. The van der Waals surface area contributed by atoms with E-state index in [0.29, 0.717) is 23.0 Å². The van der Waals surface area contributed by atoms with Gasteiger partial charge in [-0.25, -0.2) is 8.78 Å². The number of nitrogens with zero attached hydrogens (tertiary/aromatic N) is 2. The minimum absolute atomic E-state index is 0.315. The van der Waals surface area contributed by atoms with E-state index in [1.165, 1.54) is 0 Å². The summed E-state index contributed by atoms with van der Waals surface area (Å²) in [5, 5.41) is 4.28. The standard InChI is InChI=1S/C114H74F2N2O4/c1-3-73-27-55-93(56-28-73)119-95-59-41-83(42-60-95)113(81-37-45-85(115)46-38-81)105-23-9-5-19-97(105)99-65-53-91(71-107(99)113)117(89-17-13-15-77(67-89)79-35-63-103-101-21-7-11-25-109(101)121-111(103)69-79)87-49-31-75(32-50-87)76-33-51-88(52-34-76)118(90-18-14-16-78(68-90)80-36-64-104-102-22-8-12-26-110(102)122-112(104)70-80)92-54-66-100-98-20-6-10-24-106(98)114(108(100)72-92,82-39-47-86(116)48-40-82)84-43-61-96(62-44-84)120-94-57-29-74(4-2)30-58-94/h3-72H,1-2H2. The second-order valence-corrected chi connectivity index (χ2v) is 31.3. The lowest BCUT2D eigenvalue weighted by atomic mass is 9.67. The highest BCUT2D eigenvalue weighted by Gasteiger charge is 2.48. The second-order valence-electron chi connectivity index (χ2n) is 31.3. The molecule has 2 aliphatic carbocycles. The average Bonchev–Trinajstić information content (AvgIpc) is 1.53. The maximum absolute atomic E-state index is 15.5. The molecular weight excluding hydrogens is 1500 g/mol. The van der Waals surface area contributed by atoms with Crippen LogP contribution in [0.4, 0.5) is 42.9 Å². The lowest BCUT2D eigenvalue weighted by Gasteiger charge is -2.35. The number of para-hydroxylation sites is 2. The highest BCUT2D eigenvalue weighted by Crippen LogP contribution is 2.60. The molecule has 0 saturated heterocycles. The van der Waals surface area contributed by atoms with E-state index < -0.39 is 10.8 Å². The molecule has 0 spiro atoms. The smallest absolute Gasteiger partial charge is 0.136 e. The highest BCUT2D eigenvalue weighted by molar-refractivity contribution is 6.07. The van der Waals surface area contributed by atoms with Crippen molar-refractivity contribution in [2.24, 2.45) is 0 Å². The van der Waals surface area contributed by atoms with Gasteiger partial charge in [0.15, 0.2) is 0 Å². The molecule has 0 amide bonds. The minimum Gasteiger partial charge on any atom is -0.457 e. The summed E-state index contributed by atoms with van der Waals surface area (Å²) in [6.45, 7) is 7.88. The normalized spacial score (nSPS) is 14.3. The number of hydrogen-bond acceptors (Lipinski definition) is 6. The molecule has 2 aromatic heterocycles. The maximum Gasteiger partial charge on any atom is 0.136 e. The van der Waals surface area contributed by atoms with Gasteiger partial charge >= 0.3 is 0 Å². The number of rotatable bonds is 19. The van der Waals surface area contributed by atoms with Gasteiger partial charge in [0.25, 0.3) is 0 Å². The highest BCUT2D eigenvalue weighted by atomic mass is 19.1. The number of ether oxygens (including phenoxy) is 2. The van der Waals surface area contributed by atoms with E-state index >= 15 is 8.78 Å². The molecule has 2 heterocycles. The van der Waals surface area contributed by atoms with Crippen LogP contribution in [0.25, 0.3) is 112 Å². The molecule has 0 saturated carbocycles. The lowest BCUT2D eigenvalue weighted by molar-refractivity contribution is 0.482. The van der Waals surface area contributed by atoms with E-state index in [4.69, 9.17) is 18.3 Å². The van der Waals surface area contributed by atoms with E-state index in [0.717, 1.165) is 189 Å². The number of halogens is 2. The summed E-state index contributed by atoms with van der Waals surface area (Å²) in [7, 11) is 0. The number of fused-ring (bicyclic) bond motifs is 12. The molecular formula is C114H74F2N2O4. The SMILES string of the molecule is C=Cc1ccc(Oc2ccc(C3(c4ccc(F)cc4)c4ccccc4-c4ccc(N(c5ccc(-c6ccc(N(c7cccc(-c8ccc9c(c8)oc8ccccc89)c7)c7ccc8c(c7)C(c7ccc(F)cc7)(c7ccc(Oc9ccc(C=C)cc9)cc7)c7ccccc7-8)cc6)cc5)c5cccc(-c6ccc7c(c6)oc6ccccc67)c5)cc43)cc2)cc1. The largest absolute Gasteiger partial charge is 0.457 e. The van der Waals surface area contributed by atoms with Gasteiger partial charge in [-0.15, -0.1) is 0 Å². The second kappa shape index (κ2) is 29.6. The van der Waals surface area contributed by atoms with Crippen LogP contribution < -0.4 is 19.3 Å². The van der Waals surface area contributed by atoms with Crippen LogP contribution in [0.3, 0.4) is 0 Å². The Kier molecular flexibility index (Phi) is 17.6. The fourth-order valence-corrected chi connectivity index (χ4v) is 18.9. The van der Waals surface area contributed by atoms with Crippen LogP contribution in [0.1, 0.15) is 55.6 Å². The van der Waals surface area contributed by atoms with Crippen molar-refractivity contribution in [3.63, 3.8) is 0 Å². The van der Waals surface area contributed by atoms with Crippen LogP contribution in [0.2, 0.25) is 0 Å². The first-order chi connectivity index (χ1) is 60.1. The average molecular weight is 1570 g/mol. The minimum atomic E-state index is -0.903. The van der Waals surface area contributed by atoms with Gasteiger partial charge in [0.1, 0.15) is 57.0 Å². The predicted octanol–water partition coefficient (Wildman–Crippen LogP) is 31.3. The van der Waals surface area contributed by atoms with E-state index in [-0.39, 0.29) is 11.6 Å². The third kappa shape index (κ3) is 12.3. The molecule has 0 radical (unpaired) electrons. The molecule has 578 valence electrons. The summed E-state index contributed by atoms with van der Waals surface area (Å²) < 4.78 is 56.9. The van der Waals surface area contributed by atoms with Crippen LogP contribution in [-0.2, 0) is 10.8 Å². The van der Waals surface area contributed by atoms with Gasteiger partial charge in [-0.1, -0.05) is 256 Å². The molecule has 2 aliphatic rings. The van der Waals surface area contributed by atoms with Crippen molar-refractivity contribution in [1.82, 2.24) is 0 Å².